The van der Waals surface area contributed by atoms with Gasteiger partial charge < -0.3 is 0 Å². The van der Waals surface area contributed by atoms with E-state index >= 15 is 0 Å². The van der Waals surface area contributed by atoms with Gasteiger partial charge in [-0.3, -0.25) is 0 Å². The number of carbonyl (C=O) groups excluding carboxylic acids is 1. The molecule has 152 valence electrons. The van der Waals surface area contributed by atoms with Crippen molar-refractivity contribution in [2.45, 2.75) is 82.9 Å². The minimum atomic E-state index is -0.0176. The van der Waals surface area contributed by atoms with Crippen LogP contribution in [0.2, 0.25) is 4.82 Å². The predicted molar refractivity (Wildman–Crippen MR) is 117 cm³/mol. The Labute approximate surface area is 177 Å². The second kappa shape index (κ2) is 7.28. The Hall–Kier alpha value is -0.591. The fourth-order valence-corrected chi connectivity index (χ4v) is 10.8. The first-order valence-corrected chi connectivity index (χ1v) is 13.6. The van der Waals surface area contributed by atoms with Crippen molar-refractivity contribution in [1.82, 2.24) is 0 Å². The number of hydrogen-bond donors (Lipinski definition) is 0. The third-order valence-corrected chi connectivity index (χ3v) is 12.2. The van der Waals surface area contributed by atoms with Crippen molar-refractivity contribution in [3.8, 4) is 0 Å². The van der Waals surface area contributed by atoms with Crippen LogP contribution in [-0.2, 0) is 4.79 Å². The molecular formula is C26H36OSe. The molecule has 1 nitrogen and oxygen atoms in total. The molecule has 5 rings (SSSR count). The molecule has 0 bridgehead atoms. The van der Waals surface area contributed by atoms with Crippen LogP contribution in [0.1, 0.15) is 78.1 Å². The minimum absolute atomic E-state index is 0.0176. The Morgan fingerprint density at radius 1 is 0.893 bits per heavy atom. The summed E-state index contributed by atoms with van der Waals surface area (Å²) in [5, 5.41) is 0. The molecule has 4 fully saturated rings. The summed E-state index contributed by atoms with van der Waals surface area (Å²) in [6, 6.07) is 10.8. The topological polar surface area (TPSA) is 17.1 Å². The molecule has 1 aromatic rings. The number of benzene rings is 1. The average molecular weight is 444 g/mol. The van der Waals surface area contributed by atoms with Crippen LogP contribution in [0.5, 0.6) is 0 Å². The summed E-state index contributed by atoms with van der Waals surface area (Å²) in [4.78, 5) is 13.9. The van der Waals surface area contributed by atoms with Gasteiger partial charge in [0.15, 0.2) is 0 Å². The fraction of sp³-hybridized carbons (Fsp3) is 0.731. The Morgan fingerprint density at radius 3 is 2.54 bits per heavy atom. The van der Waals surface area contributed by atoms with Gasteiger partial charge in [0.05, 0.1) is 0 Å². The van der Waals surface area contributed by atoms with E-state index in [-0.39, 0.29) is 5.41 Å². The number of ketones is 1. The first-order chi connectivity index (χ1) is 13.5. The van der Waals surface area contributed by atoms with Gasteiger partial charge in [-0.05, 0) is 0 Å². The molecule has 0 N–H and O–H groups in total. The van der Waals surface area contributed by atoms with Gasteiger partial charge in [-0.1, -0.05) is 0 Å². The van der Waals surface area contributed by atoms with Crippen molar-refractivity contribution in [3.63, 3.8) is 0 Å². The molecule has 4 aliphatic rings. The van der Waals surface area contributed by atoms with Crippen molar-refractivity contribution >= 4 is 25.2 Å². The molecule has 0 aliphatic heterocycles. The molecule has 0 radical (unpaired) electrons. The summed E-state index contributed by atoms with van der Waals surface area (Å²) in [7, 11) is 0. The Kier molecular flexibility index (Phi) is 5.04. The van der Waals surface area contributed by atoms with Crippen molar-refractivity contribution in [3.05, 3.63) is 30.3 Å². The van der Waals surface area contributed by atoms with Crippen molar-refractivity contribution in [1.29, 1.82) is 0 Å². The Bertz CT molecular complexity index is 729. The predicted octanol–water partition coefficient (Wildman–Crippen LogP) is 5.81. The summed E-state index contributed by atoms with van der Waals surface area (Å²) >= 11 is 0.303. The third-order valence-electron chi connectivity index (χ3n) is 9.57. The molecule has 4 saturated carbocycles. The van der Waals surface area contributed by atoms with Crippen LogP contribution in [0.4, 0.5) is 0 Å². The van der Waals surface area contributed by atoms with Gasteiger partial charge in [-0.25, -0.2) is 0 Å². The van der Waals surface area contributed by atoms with Crippen LogP contribution in [-0.4, -0.2) is 20.7 Å². The van der Waals surface area contributed by atoms with E-state index < -0.39 is 0 Å². The molecule has 0 aromatic heterocycles. The van der Waals surface area contributed by atoms with Gasteiger partial charge >= 0.3 is 178 Å². The molecule has 0 spiro atoms. The van der Waals surface area contributed by atoms with E-state index in [4.69, 9.17) is 0 Å². The van der Waals surface area contributed by atoms with E-state index in [1.54, 1.807) is 0 Å². The third kappa shape index (κ3) is 2.97. The summed E-state index contributed by atoms with van der Waals surface area (Å²) in [6.45, 7) is 5.02. The quantitative estimate of drug-likeness (QED) is 0.528. The maximum absolute atomic E-state index is 13.6. The molecule has 28 heavy (non-hydrogen) atoms. The second-order valence-electron chi connectivity index (χ2n) is 10.7. The summed E-state index contributed by atoms with van der Waals surface area (Å²) < 4.78 is 1.41. The molecule has 1 aromatic carbocycles. The van der Waals surface area contributed by atoms with Crippen LogP contribution in [0.3, 0.4) is 0 Å². The molecule has 7 atom stereocenters. The number of carbonyl (C=O) groups is 1. The zero-order valence-corrected chi connectivity index (χ0v) is 19.4. The normalized spacial score (nSPS) is 45.6. The number of fused-ring (bicyclic) bond motifs is 5. The summed E-state index contributed by atoms with van der Waals surface area (Å²) in [5.41, 5.74) is 0.544. The van der Waals surface area contributed by atoms with Crippen LogP contribution < -0.4 is 4.46 Å². The van der Waals surface area contributed by atoms with Crippen LogP contribution >= 0.6 is 0 Å². The molecule has 0 saturated heterocycles. The van der Waals surface area contributed by atoms with Crippen molar-refractivity contribution < 1.29 is 4.79 Å². The van der Waals surface area contributed by atoms with Crippen molar-refractivity contribution in [2.75, 3.05) is 0 Å². The van der Waals surface area contributed by atoms with E-state index in [9.17, 15) is 4.79 Å². The summed E-state index contributed by atoms with van der Waals surface area (Å²) in [5.74, 6) is 3.96. The standard InChI is InChI=1S/C26H36OSe/c1-25-15-8-4-5-9-18(25)12-13-20-21(25)14-16-26(2)22(20)17-23(24(26)27)28-19-10-6-3-7-11-19/h3,6-7,10-11,18,20-23H,4-5,8-9,12-17H2,1-2H3. The van der Waals surface area contributed by atoms with Gasteiger partial charge in [0.25, 0.3) is 0 Å². The van der Waals surface area contributed by atoms with E-state index in [1.165, 1.54) is 68.7 Å². The maximum atomic E-state index is 13.6. The number of rotatable bonds is 2. The molecule has 4 aliphatic carbocycles. The molecule has 0 amide bonds. The van der Waals surface area contributed by atoms with Crippen molar-refractivity contribution in [2.24, 2.45) is 34.5 Å². The zero-order valence-electron chi connectivity index (χ0n) is 17.7. The average Bonchev–Trinajstić information content (AvgIpc) is 2.83. The zero-order chi connectivity index (χ0) is 19.4. The first kappa shape index (κ1) is 19.4. The molecule has 2 heteroatoms. The van der Waals surface area contributed by atoms with Gasteiger partial charge in [-0.15, -0.1) is 0 Å². The van der Waals surface area contributed by atoms with Gasteiger partial charge in [-0.2, -0.15) is 0 Å². The Morgan fingerprint density at radius 2 is 1.71 bits per heavy atom. The van der Waals surface area contributed by atoms with Gasteiger partial charge in [0, 0.05) is 0 Å². The van der Waals surface area contributed by atoms with E-state index in [0.717, 1.165) is 17.8 Å². The SMILES string of the molecule is CC12CCC3C(CCC4CCCCCC43C)C1CC([Se]c1ccccc1)C2=O. The van der Waals surface area contributed by atoms with E-state index in [2.05, 4.69) is 44.2 Å². The van der Waals surface area contributed by atoms with E-state index in [1.807, 2.05) is 0 Å². The summed E-state index contributed by atoms with van der Waals surface area (Å²) in [6.07, 6.45) is 13.8. The van der Waals surface area contributed by atoms with Crippen LogP contribution in [0.15, 0.2) is 30.3 Å². The van der Waals surface area contributed by atoms with Gasteiger partial charge in [0.1, 0.15) is 0 Å². The Balaban J connectivity index is 1.40. The molecular weight excluding hydrogens is 407 g/mol. The fourth-order valence-electron chi connectivity index (χ4n) is 8.00. The first-order valence-electron chi connectivity index (χ1n) is 11.8. The van der Waals surface area contributed by atoms with Gasteiger partial charge in [0.2, 0.25) is 0 Å². The number of hydrogen-bond acceptors (Lipinski definition) is 1. The van der Waals surface area contributed by atoms with E-state index in [0.29, 0.717) is 36.9 Å². The van der Waals surface area contributed by atoms with Crippen LogP contribution in [0.25, 0.3) is 0 Å². The second-order valence-corrected chi connectivity index (χ2v) is 13.4. The monoisotopic (exact) mass is 444 g/mol. The van der Waals surface area contributed by atoms with Crippen LogP contribution in [0, 0.1) is 34.5 Å². The molecule has 7 unspecified atom stereocenters. The number of Topliss-reactive ketones (excluding diaryl/α,β-unsaturated/α-hetero) is 1. The molecule has 0 heterocycles.